The van der Waals surface area contributed by atoms with Crippen LogP contribution in [0.15, 0.2) is 42.7 Å². The Kier molecular flexibility index (Phi) is 5.96. The third-order valence-corrected chi connectivity index (χ3v) is 6.52. The van der Waals surface area contributed by atoms with E-state index < -0.39 is 0 Å². The zero-order valence-corrected chi connectivity index (χ0v) is 19.1. The van der Waals surface area contributed by atoms with Crippen molar-refractivity contribution in [1.29, 1.82) is 0 Å². The van der Waals surface area contributed by atoms with Crippen LogP contribution in [0, 0.1) is 12.8 Å². The lowest BCUT2D eigenvalue weighted by Crippen LogP contribution is -2.26. The quantitative estimate of drug-likeness (QED) is 0.379. The lowest BCUT2D eigenvalue weighted by molar-refractivity contribution is 0.0950. The van der Waals surface area contributed by atoms with E-state index >= 15 is 0 Å². The second-order valence-corrected chi connectivity index (χ2v) is 8.88. The van der Waals surface area contributed by atoms with Crippen molar-refractivity contribution in [3.05, 3.63) is 65.1 Å². The van der Waals surface area contributed by atoms with Gasteiger partial charge in [-0.2, -0.15) is 0 Å². The van der Waals surface area contributed by atoms with Crippen molar-refractivity contribution in [2.45, 2.75) is 39.3 Å². The van der Waals surface area contributed by atoms with Crippen LogP contribution in [0.3, 0.4) is 0 Å². The summed E-state index contributed by atoms with van der Waals surface area (Å²) in [7, 11) is 1.62. The number of rotatable bonds is 8. The third-order valence-electron chi connectivity index (χ3n) is 6.52. The van der Waals surface area contributed by atoms with Gasteiger partial charge < -0.3 is 20.4 Å². The zero-order valence-electron chi connectivity index (χ0n) is 19.1. The van der Waals surface area contributed by atoms with Gasteiger partial charge in [0.05, 0.1) is 24.9 Å². The highest BCUT2D eigenvalue weighted by molar-refractivity contribution is 5.97. The van der Waals surface area contributed by atoms with Gasteiger partial charge >= 0.3 is 0 Å². The van der Waals surface area contributed by atoms with E-state index in [2.05, 4.69) is 43.8 Å². The van der Waals surface area contributed by atoms with Crippen molar-refractivity contribution in [1.82, 2.24) is 25.6 Å². The van der Waals surface area contributed by atoms with E-state index in [-0.39, 0.29) is 5.91 Å². The van der Waals surface area contributed by atoms with Crippen molar-refractivity contribution in [3.8, 4) is 5.88 Å². The summed E-state index contributed by atoms with van der Waals surface area (Å²) in [5, 5.41) is 9.51. The van der Waals surface area contributed by atoms with Crippen LogP contribution < -0.4 is 15.4 Å². The maximum Gasteiger partial charge on any atom is 0.253 e. The molecule has 1 aliphatic rings. The van der Waals surface area contributed by atoms with E-state index in [4.69, 9.17) is 4.74 Å². The molecule has 0 saturated heterocycles. The molecule has 5 rings (SSSR count). The van der Waals surface area contributed by atoms with Gasteiger partial charge in [-0.15, -0.1) is 0 Å². The predicted molar refractivity (Wildman–Crippen MR) is 129 cm³/mol. The molecule has 3 heterocycles. The Hall–Kier alpha value is -3.45. The Morgan fingerprint density at radius 2 is 2.06 bits per heavy atom. The van der Waals surface area contributed by atoms with Gasteiger partial charge in [-0.3, -0.25) is 4.79 Å². The van der Waals surface area contributed by atoms with Gasteiger partial charge in [0.25, 0.3) is 5.91 Å². The second-order valence-electron chi connectivity index (χ2n) is 8.88. The molecule has 4 aromatic rings. The van der Waals surface area contributed by atoms with Crippen LogP contribution in [0.1, 0.15) is 46.4 Å². The Bertz CT molecular complexity index is 1310. The van der Waals surface area contributed by atoms with Gasteiger partial charge in [0.2, 0.25) is 5.88 Å². The molecule has 0 spiro atoms. The fourth-order valence-electron chi connectivity index (χ4n) is 4.33. The van der Waals surface area contributed by atoms with Crippen LogP contribution in [0.5, 0.6) is 5.88 Å². The number of pyridine rings is 2. The predicted octanol–water partition coefficient (Wildman–Crippen LogP) is 4.25. The Labute approximate surface area is 193 Å². The number of H-pyrrole nitrogens is 1. The summed E-state index contributed by atoms with van der Waals surface area (Å²) in [6, 6.07) is 10.2. The van der Waals surface area contributed by atoms with Crippen molar-refractivity contribution in [3.63, 3.8) is 0 Å². The van der Waals surface area contributed by atoms with Gasteiger partial charge in [0, 0.05) is 29.7 Å². The number of nitrogens with one attached hydrogen (secondary N) is 3. The van der Waals surface area contributed by atoms with Crippen LogP contribution in [-0.2, 0) is 13.1 Å². The molecular formula is C26H29N5O2. The average Bonchev–Trinajstić information content (AvgIpc) is 3.18. The molecule has 3 aromatic heterocycles. The van der Waals surface area contributed by atoms with E-state index in [1.54, 1.807) is 13.3 Å². The number of amides is 1. The van der Waals surface area contributed by atoms with Gasteiger partial charge in [0.15, 0.2) is 0 Å². The smallest absolute Gasteiger partial charge is 0.253 e. The minimum atomic E-state index is -0.181. The maximum atomic E-state index is 12.7. The maximum absolute atomic E-state index is 12.7. The number of nitrogens with zero attached hydrogens (tertiary/aromatic N) is 2. The summed E-state index contributed by atoms with van der Waals surface area (Å²) >= 11 is 0. The Morgan fingerprint density at radius 3 is 2.85 bits per heavy atom. The van der Waals surface area contributed by atoms with Gasteiger partial charge in [-0.1, -0.05) is 12.5 Å². The lowest BCUT2D eigenvalue weighted by atomic mass is 9.85. The molecule has 33 heavy (non-hydrogen) atoms. The summed E-state index contributed by atoms with van der Waals surface area (Å²) in [6.07, 6.45) is 7.53. The van der Waals surface area contributed by atoms with Gasteiger partial charge in [0.1, 0.15) is 5.65 Å². The van der Waals surface area contributed by atoms with Crippen LogP contribution in [0.2, 0.25) is 0 Å². The van der Waals surface area contributed by atoms with E-state index in [0.29, 0.717) is 18.0 Å². The molecule has 1 aliphatic carbocycles. The highest BCUT2D eigenvalue weighted by atomic mass is 16.5. The Morgan fingerprint density at radius 1 is 1.18 bits per heavy atom. The molecule has 3 N–H and O–H groups in total. The Balaban J connectivity index is 1.30. The summed E-state index contributed by atoms with van der Waals surface area (Å²) in [6.45, 7) is 4.22. The molecule has 7 heteroatoms. The minimum absolute atomic E-state index is 0.181. The molecule has 170 valence electrons. The zero-order chi connectivity index (χ0) is 22.8. The summed E-state index contributed by atoms with van der Waals surface area (Å²) < 4.78 is 5.53. The number of carbonyl (C=O) groups is 1. The molecule has 0 unspecified atom stereocenters. The lowest BCUT2D eigenvalue weighted by Gasteiger charge is -2.25. The summed E-state index contributed by atoms with van der Waals surface area (Å²) in [4.78, 5) is 24.8. The van der Waals surface area contributed by atoms with Gasteiger partial charge in [-0.25, -0.2) is 9.97 Å². The number of methoxy groups -OCH3 is 1. The number of aryl methyl sites for hydroxylation is 1. The second kappa shape index (κ2) is 9.19. The first-order valence-electron chi connectivity index (χ1n) is 11.5. The largest absolute Gasteiger partial charge is 0.481 e. The van der Waals surface area contributed by atoms with Crippen LogP contribution in [0.4, 0.5) is 0 Å². The topological polar surface area (TPSA) is 91.9 Å². The molecule has 1 amide bonds. The van der Waals surface area contributed by atoms with E-state index in [9.17, 15) is 4.79 Å². The number of hydrogen-bond acceptors (Lipinski definition) is 5. The normalized spacial score (nSPS) is 13.9. The average molecular weight is 444 g/mol. The number of aromatic amines is 1. The van der Waals surface area contributed by atoms with Crippen LogP contribution >= 0.6 is 0 Å². The highest BCUT2D eigenvalue weighted by Crippen LogP contribution is 2.27. The monoisotopic (exact) mass is 443 g/mol. The van der Waals surface area contributed by atoms with E-state index in [1.165, 1.54) is 24.8 Å². The van der Waals surface area contributed by atoms with Crippen LogP contribution in [-0.4, -0.2) is 34.5 Å². The molecular weight excluding hydrogens is 414 g/mol. The molecule has 0 bridgehead atoms. The number of carbonyl (C=O) groups excluding carboxylic acids is 1. The first-order chi connectivity index (χ1) is 16.1. The molecule has 7 nitrogen and oxygen atoms in total. The standard InChI is InChI=1S/C26H29N5O2/c1-16-11-28-24-23(16)10-20(14-29-24)25(32)30-15-21-9-19-8-18(13-27-12-17-4-3-5-17)6-7-22(19)26(31-21)33-2/h6-11,14,17,27H,3-5,12-13,15H2,1-2H3,(H,28,29)(H,30,32). The van der Waals surface area contributed by atoms with Crippen molar-refractivity contribution < 1.29 is 9.53 Å². The summed E-state index contributed by atoms with van der Waals surface area (Å²) in [5.41, 5.74) is 4.34. The molecule has 1 fully saturated rings. The van der Waals surface area contributed by atoms with E-state index in [0.717, 1.165) is 52.1 Å². The molecule has 0 aliphatic heterocycles. The van der Waals surface area contributed by atoms with Crippen molar-refractivity contribution in [2.24, 2.45) is 5.92 Å². The molecule has 0 radical (unpaired) electrons. The van der Waals surface area contributed by atoms with Crippen molar-refractivity contribution in [2.75, 3.05) is 13.7 Å². The molecule has 1 aromatic carbocycles. The van der Waals surface area contributed by atoms with Crippen LogP contribution in [0.25, 0.3) is 21.8 Å². The fraction of sp³-hybridized carbons (Fsp3) is 0.346. The fourth-order valence-corrected chi connectivity index (χ4v) is 4.33. The number of fused-ring (bicyclic) bond motifs is 2. The number of hydrogen-bond donors (Lipinski definition) is 3. The SMILES string of the molecule is COc1nc(CNC(=O)c2cnc3[nH]cc(C)c3c2)cc2cc(CNCC3CCC3)ccc12. The van der Waals surface area contributed by atoms with E-state index in [1.807, 2.05) is 25.3 Å². The third kappa shape index (κ3) is 4.54. The first kappa shape index (κ1) is 21.4. The summed E-state index contributed by atoms with van der Waals surface area (Å²) in [5.74, 6) is 1.22. The number of benzene rings is 1. The number of aromatic nitrogens is 3. The first-order valence-corrected chi connectivity index (χ1v) is 11.5. The highest BCUT2D eigenvalue weighted by Gasteiger charge is 2.16. The molecule has 0 atom stereocenters. The van der Waals surface area contributed by atoms with Gasteiger partial charge in [-0.05, 0) is 73.0 Å². The number of ether oxygens (including phenoxy) is 1. The molecule has 1 saturated carbocycles. The van der Waals surface area contributed by atoms with Crippen molar-refractivity contribution >= 4 is 27.7 Å². The minimum Gasteiger partial charge on any atom is -0.481 e.